The standard InChI is InChI=1S/C29H44O2/c1-20(2)12-9-13-21(3)14-10-15-22(4)16-11-18-29(8)19-17-26-25(7)27(30)23(5)24(6)28(26)31-29/h12,14,16,30H,9-11,13,15,17-19H2,1-8H3/b21-14+,22-16+/t29-/m0/s1. The fourth-order valence-corrected chi connectivity index (χ4v) is 4.43. The van der Waals surface area contributed by atoms with E-state index in [1.807, 2.05) is 13.8 Å². The highest BCUT2D eigenvalue weighted by atomic mass is 16.5. The zero-order valence-electron chi connectivity index (χ0n) is 21.2. The van der Waals surface area contributed by atoms with E-state index in [2.05, 4.69) is 59.8 Å². The van der Waals surface area contributed by atoms with Gasteiger partial charge in [-0.05, 0) is 123 Å². The van der Waals surface area contributed by atoms with Crippen LogP contribution in [-0.2, 0) is 6.42 Å². The van der Waals surface area contributed by atoms with Crippen LogP contribution in [0, 0.1) is 20.8 Å². The summed E-state index contributed by atoms with van der Waals surface area (Å²) in [4.78, 5) is 0. The van der Waals surface area contributed by atoms with Crippen LogP contribution in [0.3, 0.4) is 0 Å². The van der Waals surface area contributed by atoms with Gasteiger partial charge in [-0.25, -0.2) is 0 Å². The van der Waals surface area contributed by atoms with Crippen LogP contribution in [-0.4, -0.2) is 10.7 Å². The Morgan fingerprint density at radius 2 is 1.45 bits per heavy atom. The van der Waals surface area contributed by atoms with Gasteiger partial charge in [0.1, 0.15) is 17.1 Å². The molecule has 172 valence electrons. The molecule has 1 aliphatic rings. The van der Waals surface area contributed by atoms with Crippen molar-refractivity contribution >= 4 is 0 Å². The molecule has 0 radical (unpaired) electrons. The molecule has 0 amide bonds. The molecule has 0 aromatic heterocycles. The van der Waals surface area contributed by atoms with Crippen LogP contribution >= 0.6 is 0 Å². The molecule has 1 aromatic rings. The monoisotopic (exact) mass is 424 g/mol. The van der Waals surface area contributed by atoms with Crippen LogP contribution in [0.2, 0.25) is 0 Å². The first-order chi connectivity index (χ1) is 14.5. The predicted octanol–water partition coefficient (Wildman–Crippen LogP) is 8.60. The summed E-state index contributed by atoms with van der Waals surface area (Å²) in [6.07, 6.45) is 15.8. The number of allylic oxidation sites excluding steroid dienone is 6. The predicted molar refractivity (Wildman–Crippen MR) is 134 cm³/mol. The lowest BCUT2D eigenvalue weighted by atomic mass is 9.85. The van der Waals surface area contributed by atoms with E-state index in [0.717, 1.165) is 67.4 Å². The van der Waals surface area contributed by atoms with Crippen LogP contribution < -0.4 is 4.74 Å². The zero-order valence-corrected chi connectivity index (χ0v) is 21.2. The number of ether oxygens (including phenoxy) is 1. The van der Waals surface area contributed by atoms with Crippen LogP contribution in [0.1, 0.15) is 102 Å². The van der Waals surface area contributed by atoms with E-state index in [4.69, 9.17) is 4.74 Å². The molecule has 31 heavy (non-hydrogen) atoms. The molecule has 0 fully saturated rings. The van der Waals surface area contributed by atoms with Gasteiger partial charge in [-0.15, -0.1) is 0 Å². The van der Waals surface area contributed by atoms with Gasteiger partial charge in [0.25, 0.3) is 0 Å². The first-order valence-electron chi connectivity index (χ1n) is 12.0. The largest absolute Gasteiger partial charge is 0.507 e. The normalized spacial score (nSPS) is 19.1. The molecular formula is C29H44O2. The molecule has 0 aliphatic carbocycles. The summed E-state index contributed by atoms with van der Waals surface area (Å²) in [5.74, 6) is 1.44. The van der Waals surface area contributed by atoms with E-state index in [1.165, 1.54) is 28.7 Å². The quantitative estimate of drug-likeness (QED) is 0.402. The van der Waals surface area contributed by atoms with E-state index in [-0.39, 0.29) is 5.60 Å². The van der Waals surface area contributed by atoms with Gasteiger partial charge >= 0.3 is 0 Å². The number of hydrogen-bond acceptors (Lipinski definition) is 2. The molecule has 1 aliphatic heterocycles. The Balaban J connectivity index is 1.88. The fourth-order valence-electron chi connectivity index (χ4n) is 4.43. The zero-order chi connectivity index (χ0) is 23.2. The van der Waals surface area contributed by atoms with Crippen molar-refractivity contribution in [3.8, 4) is 11.5 Å². The number of rotatable bonds is 9. The van der Waals surface area contributed by atoms with Gasteiger partial charge < -0.3 is 9.84 Å². The molecule has 1 atom stereocenters. The minimum Gasteiger partial charge on any atom is -0.507 e. The Morgan fingerprint density at radius 1 is 0.871 bits per heavy atom. The van der Waals surface area contributed by atoms with E-state index in [0.29, 0.717) is 5.75 Å². The molecule has 2 nitrogen and oxygen atoms in total. The van der Waals surface area contributed by atoms with Crippen molar-refractivity contribution in [2.45, 2.75) is 112 Å². The van der Waals surface area contributed by atoms with E-state index < -0.39 is 0 Å². The number of benzene rings is 1. The lowest BCUT2D eigenvalue weighted by molar-refractivity contribution is 0.0558. The average molecular weight is 425 g/mol. The van der Waals surface area contributed by atoms with E-state index in [9.17, 15) is 5.11 Å². The van der Waals surface area contributed by atoms with Crippen LogP contribution in [0.5, 0.6) is 11.5 Å². The Morgan fingerprint density at radius 3 is 2.06 bits per heavy atom. The fraction of sp³-hybridized carbons (Fsp3) is 0.586. The number of hydrogen-bond donors (Lipinski definition) is 1. The van der Waals surface area contributed by atoms with Crippen molar-refractivity contribution in [2.75, 3.05) is 0 Å². The number of fused-ring (bicyclic) bond motifs is 1. The third-order valence-corrected chi connectivity index (χ3v) is 6.88. The highest BCUT2D eigenvalue weighted by Gasteiger charge is 2.33. The molecule has 0 spiro atoms. The average Bonchev–Trinajstić information content (AvgIpc) is 2.70. The van der Waals surface area contributed by atoms with Gasteiger partial charge in [-0.3, -0.25) is 0 Å². The topological polar surface area (TPSA) is 29.5 Å². The summed E-state index contributed by atoms with van der Waals surface area (Å²) in [5.41, 5.74) is 8.45. The van der Waals surface area contributed by atoms with Gasteiger partial charge in [0.15, 0.2) is 0 Å². The lowest BCUT2D eigenvalue weighted by Gasteiger charge is -2.38. The number of phenolic OH excluding ortho intramolecular Hbond substituents is 1. The molecule has 0 unspecified atom stereocenters. The first kappa shape index (κ1) is 25.3. The van der Waals surface area contributed by atoms with Crippen molar-refractivity contribution < 1.29 is 9.84 Å². The lowest BCUT2D eigenvalue weighted by Crippen LogP contribution is -2.37. The second-order valence-electron chi connectivity index (χ2n) is 10.1. The van der Waals surface area contributed by atoms with Crippen LogP contribution in [0.4, 0.5) is 0 Å². The molecule has 2 heteroatoms. The third-order valence-electron chi connectivity index (χ3n) is 6.88. The first-order valence-corrected chi connectivity index (χ1v) is 12.0. The maximum absolute atomic E-state index is 10.4. The molecule has 0 bridgehead atoms. The van der Waals surface area contributed by atoms with Gasteiger partial charge in [0, 0.05) is 5.56 Å². The summed E-state index contributed by atoms with van der Waals surface area (Å²) in [6.45, 7) is 17.1. The maximum Gasteiger partial charge on any atom is 0.127 e. The molecule has 0 saturated carbocycles. The Bertz CT molecular complexity index is 865. The molecule has 0 saturated heterocycles. The minimum atomic E-state index is -0.133. The number of aromatic hydroxyl groups is 1. The van der Waals surface area contributed by atoms with E-state index >= 15 is 0 Å². The summed E-state index contributed by atoms with van der Waals surface area (Å²) in [7, 11) is 0. The third kappa shape index (κ3) is 7.02. The minimum absolute atomic E-state index is 0.133. The number of phenols is 1. The van der Waals surface area contributed by atoms with Crippen molar-refractivity contribution in [1.82, 2.24) is 0 Å². The highest BCUT2D eigenvalue weighted by molar-refractivity contribution is 5.58. The van der Waals surface area contributed by atoms with Gasteiger partial charge in [0.05, 0.1) is 0 Å². The second kappa shape index (κ2) is 11.1. The van der Waals surface area contributed by atoms with Crippen molar-refractivity contribution in [2.24, 2.45) is 0 Å². The summed E-state index contributed by atoms with van der Waals surface area (Å²) in [5, 5.41) is 10.4. The molecule has 1 heterocycles. The van der Waals surface area contributed by atoms with E-state index in [1.54, 1.807) is 0 Å². The van der Waals surface area contributed by atoms with Crippen molar-refractivity contribution in [3.63, 3.8) is 0 Å². The summed E-state index contributed by atoms with van der Waals surface area (Å²) < 4.78 is 6.56. The van der Waals surface area contributed by atoms with Gasteiger partial charge in [-0.2, -0.15) is 0 Å². The highest BCUT2D eigenvalue weighted by Crippen LogP contribution is 2.44. The molecular weight excluding hydrogens is 380 g/mol. The summed E-state index contributed by atoms with van der Waals surface area (Å²) >= 11 is 0. The van der Waals surface area contributed by atoms with Crippen LogP contribution in [0.25, 0.3) is 0 Å². The van der Waals surface area contributed by atoms with Crippen LogP contribution in [0.15, 0.2) is 34.9 Å². The van der Waals surface area contributed by atoms with Gasteiger partial charge in [-0.1, -0.05) is 34.9 Å². The summed E-state index contributed by atoms with van der Waals surface area (Å²) in [6, 6.07) is 0. The molecule has 1 aromatic carbocycles. The molecule has 2 rings (SSSR count). The Kier molecular flexibility index (Phi) is 9.03. The van der Waals surface area contributed by atoms with Crippen molar-refractivity contribution in [1.29, 1.82) is 0 Å². The van der Waals surface area contributed by atoms with Gasteiger partial charge in [0.2, 0.25) is 0 Å². The SMILES string of the molecule is CC(C)=CCC/C(C)=C/CC/C(C)=C/CC[C@@]1(C)CCc2c(C)c(O)c(C)c(C)c2O1. The smallest absolute Gasteiger partial charge is 0.127 e. The second-order valence-corrected chi connectivity index (χ2v) is 10.1. The Labute approximate surface area is 191 Å². The maximum atomic E-state index is 10.4. The Hall–Kier alpha value is -1.96. The van der Waals surface area contributed by atoms with Crippen molar-refractivity contribution in [3.05, 3.63) is 57.2 Å². The molecule has 1 N–H and O–H groups in total.